The van der Waals surface area contributed by atoms with Gasteiger partial charge in [0.2, 0.25) is 0 Å². The van der Waals surface area contributed by atoms with Crippen LogP contribution >= 0.6 is 0 Å². The first kappa shape index (κ1) is 21.1. The molecular formula is C17H28N2O5S. The number of hydrogen-bond donors (Lipinski definition) is 1. The summed E-state index contributed by atoms with van der Waals surface area (Å²) in [5, 5.41) is 2.90. The molecule has 0 aliphatic heterocycles. The summed E-state index contributed by atoms with van der Waals surface area (Å²) in [6.07, 6.45) is 2.90. The van der Waals surface area contributed by atoms with E-state index >= 15 is 0 Å². The van der Waals surface area contributed by atoms with Crippen molar-refractivity contribution in [3.8, 4) is 11.5 Å². The molecular weight excluding hydrogens is 344 g/mol. The number of ether oxygens (including phenoxy) is 1. The molecule has 0 aliphatic carbocycles. The summed E-state index contributed by atoms with van der Waals surface area (Å²) in [6.45, 7) is 6.88. The van der Waals surface area contributed by atoms with Gasteiger partial charge in [-0.3, -0.25) is 0 Å². The molecule has 0 aliphatic rings. The van der Waals surface area contributed by atoms with Crippen LogP contribution < -0.4 is 14.2 Å². The van der Waals surface area contributed by atoms with Crippen molar-refractivity contribution in [1.82, 2.24) is 10.2 Å². The van der Waals surface area contributed by atoms with Gasteiger partial charge in [-0.15, -0.1) is 0 Å². The standard InChI is InChI=1S/C17H28N2O5S/c1-6-7-10-18-17(20)19(13(2)3)12-14-8-9-15(23-4)16(11-14)24-25(5,21)22/h8-9,11,13H,6-7,10,12H2,1-5H3,(H,18,20). The number of nitrogens with zero attached hydrogens (tertiary/aromatic N) is 1. The predicted molar refractivity (Wildman–Crippen MR) is 97.5 cm³/mol. The molecule has 8 heteroatoms. The van der Waals surface area contributed by atoms with Crippen molar-refractivity contribution in [2.45, 2.75) is 46.2 Å². The molecule has 1 N–H and O–H groups in total. The van der Waals surface area contributed by atoms with Crippen LogP contribution in [-0.2, 0) is 16.7 Å². The number of amides is 2. The van der Waals surface area contributed by atoms with Crippen LogP contribution in [0.4, 0.5) is 4.79 Å². The lowest BCUT2D eigenvalue weighted by Crippen LogP contribution is -2.43. The number of unbranched alkanes of at least 4 members (excludes halogenated alkanes) is 1. The molecule has 142 valence electrons. The Bertz CT molecular complexity index is 674. The second kappa shape index (κ2) is 9.50. The first-order valence-corrected chi connectivity index (χ1v) is 10.1. The molecule has 0 spiro atoms. The molecule has 2 amide bonds. The lowest BCUT2D eigenvalue weighted by atomic mass is 10.1. The zero-order valence-corrected chi connectivity index (χ0v) is 16.4. The molecule has 0 saturated heterocycles. The van der Waals surface area contributed by atoms with Gasteiger partial charge >= 0.3 is 16.1 Å². The van der Waals surface area contributed by atoms with E-state index in [0.29, 0.717) is 18.8 Å². The summed E-state index contributed by atoms with van der Waals surface area (Å²) < 4.78 is 32.9. The fourth-order valence-electron chi connectivity index (χ4n) is 2.21. The van der Waals surface area contributed by atoms with Crippen molar-refractivity contribution in [2.24, 2.45) is 0 Å². The molecule has 1 aromatic rings. The lowest BCUT2D eigenvalue weighted by molar-refractivity contribution is 0.179. The first-order chi connectivity index (χ1) is 11.7. The highest BCUT2D eigenvalue weighted by Gasteiger charge is 2.18. The highest BCUT2D eigenvalue weighted by atomic mass is 32.2. The molecule has 0 unspecified atom stereocenters. The van der Waals surface area contributed by atoms with Gasteiger partial charge in [0.25, 0.3) is 0 Å². The van der Waals surface area contributed by atoms with Gasteiger partial charge in [-0.25, -0.2) is 4.79 Å². The average Bonchev–Trinajstić information content (AvgIpc) is 2.51. The summed E-state index contributed by atoms with van der Waals surface area (Å²) in [5.41, 5.74) is 0.749. The minimum Gasteiger partial charge on any atom is -0.493 e. The molecule has 0 radical (unpaired) electrons. The number of benzene rings is 1. The third kappa shape index (κ3) is 7.21. The van der Waals surface area contributed by atoms with Gasteiger partial charge in [-0.1, -0.05) is 19.4 Å². The molecule has 0 heterocycles. The van der Waals surface area contributed by atoms with Crippen molar-refractivity contribution in [1.29, 1.82) is 0 Å². The zero-order chi connectivity index (χ0) is 19.0. The molecule has 25 heavy (non-hydrogen) atoms. The van der Waals surface area contributed by atoms with Crippen molar-refractivity contribution in [3.05, 3.63) is 23.8 Å². The van der Waals surface area contributed by atoms with Crippen molar-refractivity contribution < 1.29 is 22.1 Å². The molecule has 1 rings (SSSR count). The number of methoxy groups -OCH3 is 1. The highest BCUT2D eigenvalue weighted by Crippen LogP contribution is 2.29. The fourth-order valence-corrected chi connectivity index (χ4v) is 2.66. The Balaban J connectivity index is 2.97. The second-order valence-corrected chi connectivity index (χ2v) is 7.65. The third-order valence-corrected chi connectivity index (χ3v) is 4.00. The van der Waals surface area contributed by atoms with E-state index in [-0.39, 0.29) is 17.8 Å². The van der Waals surface area contributed by atoms with Crippen LogP contribution in [0.15, 0.2) is 18.2 Å². The Hall–Kier alpha value is -1.96. The van der Waals surface area contributed by atoms with Gasteiger partial charge in [0, 0.05) is 19.1 Å². The number of nitrogens with one attached hydrogen (secondary N) is 1. The second-order valence-electron chi connectivity index (χ2n) is 6.08. The Kier molecular flexibility index (Phi) is 8.02. The number of carbonyl (C=O) groups excluding carboxylic acids is 1. The Morgan fingerprint density at radius 1 is 1.28 bits per heavy atom. The van der Waals surface area contributed by atoms with Crippen LogP contribution in [-0.4, -0.2) is 45.3 Å². The van der Waals surface area contributed by atoms with E-state index in [1.54, 1.807) is 23.1 Å². The quantitative estimate of drug-likeness (QED) is 0.532. The maximum absolute atomic E-state index is 12.4. The molecule has 0 saturated carbocycles. The maximum Gasteiger partial charge on any atom is 0.317 e. The number of carbonyl (C=O) groups is 1. The van der Waals surface area contributed by atoms with Crippen LogP contribution in [0.25, 0.3) is 0 Å². The maximum atomic E-state index is 12.4. The average molecular weight is 372 g/mol. The molecule has 0 bridgehead atoms. The van der Waals surface area contributed by atoms with E-state index in [9.17, 15) is 13.2 Å². The van der Waals surface area contributed by atoms with Gasteiger partial charge < -0.3 is 19.1 Å². The molecule has 0 aromatic heterocycles. The van der Waals surface area contributed by atoms with Crippen LogP contribution in [0.1, 0.15) is 39.2 Å². The molecule has 7 nitrogen and oxygen atoms in total. The van der Waals surface area contributed by atoms with E-state index in [1.165, 1.54) is 7.11 Å². The lowest BCUT2D eigenvalue weighted by Gasteiger charge is -2.27. The summed E-state index contributed by atoms with van der Waals surface area (Å²) >= 11 is 0. The summed E-state index contributed by atoms with van der Waals surface area (Å²) in [7, 11) is -2.24. The Morgan fingerprint density at radius 3 is 2.48 bits per heavy atom. The molecule has 1 aromatic carbocycles. The van der Waals surface area contributed by atoms with Crippen LogP contribution in [0.3, 0.4) is 0 Å². The highest BCUT2D eigenvalue weighted by molar-refractivity contribution is 7.86. The van der Waals surface area contributed by atoms with Gasteiger partial charge in [-0.05, 0) is 38.0 Å². The molecule has 0 fully saturated rings. The van der Waals surface area contributed by atoms with E-state index < -0.39 is 10.1 Å². The van der Waals surface area contributed by atoms with Crippen molar-refractivity contribution in [2.75, 3.05) is 19.9 Å². The summed E-state index contributed by atoms with van der Waals surface area (Å²) in [5.74, 6) is 0.426. The topological polar surface area (TPSA) is 84.9 Å². The van der Waals surface area contributed by atoms with Gasteiger partial charge in [0.1, 0.15) is 0 Å². The van der Waals surface area contributed by atoms with Gasteiger partial charge in [0.15, 0.2) is 11.5 Å². The van der Waals surface area contributed by atoms with Gasteiger partial charge in [0.05, 0.1) is 13.4 Å². The minimum absolute atomic E-state index is 0.0111. The molecule has 0 atom stereocenters. The summed E-state index contributed by atoms with van der Waals surface area (Å²) in [4.78, 5) is 14.0. The van der Waals surface area contributed by atoms with Crippen molar-refractivity contribution in [3.63, 3.8) is 0 Å². The zero-order valence-electron chi connectivity index (χ0n) is 15.5. The normalized spacial score (nSPS) is 11.3. The number of hydrogen-bond acceptors (Lipinski definition) is 5. The van der Waals surface area contributed by atoms with E-state index in [1.807, 2.05) is 13.8 Å². The van der Waals surface area contributed by atoms with Gasteiger partial charge in [-0.2, -0.15) is 8.42 Å². The van der Waals surface area contributed by atoms with Crippen molar-refractivity contribution >= 4 is 16.1 Å². The largest absolute Gasteiger partial charge is 0.493 e. The SMILES string of the molecule is CCCCNC(=O)N(Cc1ccc(OC)c(OS(C)(=O)=O)c1)C(C)C. The predicted octanol–water partition coefficient (Wildman–Crippen LogP) is 2.75. The number of rotatable bonds is 9. The van der Waals surface area contributed by atoms with Crippen LogP contribution in [0, 0.1) is 0 Å². The van der Waals surface area contributed by atoms with E-state index in [2.05, 4.69) is 12.2 Å². The van der Waals surface area contributed by atoms with E-state index in [4.69, 9.17) is 8.92 Å². The monoisotopic (exact) mass is 372 g/mol. The third-order valence-electron chi connectivity index (χ3n) is 3.51. The minimum atomic E-state index is -3.68. The fraction of sp³-hybridized carbons (Fsp3) is 0.588. The van der Waals surface area contributed by atoms with Crippen LogP contribution in [0.5, 0.6) is 11.5 Å². The first-order valence-electron chi connectivity index (χ1n) is 8.28. The van der Waals surface area contributed by atoms with Crippen LogP contribution in [0.2, 0.25) is 0 Å². The smallest absolute Gasteiger partial charge is 0.317 e. The van der Waals surface area contributed by atoms with E-state index in [0.717, 1.165) is 24.7 Å². The summed E-state index contributed by atoms with van der Waals surface area (Å²) in [6, 6.07) is 4.83. The Morgan fingerprint density at radius 2 is 1.96 bits per heavy atom. The Labute approximate surface area is 150 Å². The number of urea groups is 1.